The van der Waals surface area contributed by atoms with Crippen LogP contribution in [-0.2, 0) is 0 Å². The first-order chi connectivity index (χ1) is 9.11. The molecule has 19 heavy (non-hydrogen) atoms. The average molecular weight is 261 g/mol. The van der Waals surface area contributed by atoms with Gasteiger partial charge in [-0.15, -0.1) is 0 Å². The number of halogens is 2. The third-order valence-electron chi connectivity index (χ3n) is 2.40. The summed E-state index contributed by atoms with van der Waals surface area (Å²) in [5, 5.41) is 6.83. The molecular formula is C14H9F2NO2. The molecule has 96 valence electrons. The highest BCUT2D eigenvalue weighted by molar-refractivity contribution is 6.34. The molecule has 5 heteroatoms. The summed E-state index contributed by atoms with van der Waals surface area (Å²) in [6.07, 6.45) is 0.505. The molecule has 0 spiro atoms. The third kappa shape index (κ3) is 2.82. The van der Waals surface area contributed by atoms with Gasteiger partial charge in [-0.1, -0.05) is 12.1 Å². The van der Waals surface area contributed by atoms with Gasteiger partial charge in [-0.25, -0.2) is 8.78 Å². The molecule has 0 saturated heterocycles. The minimum Gasteiger partial charge on any atom is -0.454 e. The summed E-state index contributed by atoms with van der Waals surface area (Å²) in [5.74, 6) is -2.00. The lowest BCUT2D eigenvalue weighted by Crippen LogP contribution is -2.03. The molecule has 2 aromatic rings. The van der Waals surface area contributed by atoms with Crippen LogP contribution in [0.3, 0.4) is 0 Å². The number of carbonyl (C=O) groups is 1. The maximum Gasteiger partial charge on any atom is 0.206 e. The van der Waals surface area contributed by atoms with Gasteiger partial charge in [0.2, 0.25) is 5.78 Å². The van der Waals surface area contributed by atoms with Crippen molar-refractivity contribution >= 4 is 12.0 Å². The molecule has 0 aromatic heterocycles. The van der Waals surface area contributed by atoms with E-state index in [2.05, 4.69) is 0 Å². The second kappa shape index (κ2) is 5.39. The van der Waals surface area contributed by atoms with Crippen molar-refractivity contribution in [2.45, 2.75) is 0 Å². The number of carbonyl (C=O) groups excluding carboxylic acids is 1. The maximum atomic E-state index is 13.4. The van der Waals surface area contributed by atoms with Crippen molar-refractivity contribution in [2.24, 2.45) is 0 Å². The standard InChI is InChI=1S/C14H9F2NO2/c15-11-6-5-9(7-10(11)13(18)8-17)19-14-4-2-1-3-12(14)16/h1-8,17H. The molecule has 0 aliphatic rings. The first-order valence-corrected chi connectivity index (χ1v) is 5.38. The molecule has 0 fully saturated rings. The Morgan fingerprint density at radius 1 is 1.11 bits per heavy atom. The highest BCUT2D eigenvalue weighted by atomic mass is 19.1. The van der Waals surface area contributed by atoms with Gasteiger partial charge in [0.15, 0.2) is 11.6 Å². The van der Waals surface area contributed by atoms with Crippen LogP contribution in [0.4, 0.5) is 8.78 Å². The van der Waals surface area contributed by atoms with Crippen LogP contribution in [0.15, 0.2) is 42.5 Å². The lowest BCUT2D eigenvalue weighted by molar-refractivity contribution is 0.106. The minimum atomic E-state index is -0.781. The van der Waals surface area contributed by atoms with E-state index in [1.165, 1.54) is 24.3 Å². The zero-order chi connectivity index (χ0) is 13.8. The molecule has 0 atom stereocenters. The fourth-order valence-electron chi connectivity index (χ4n) is 1.49. The van der Waals surface area contributed by atoms with E-state index in [4.69, 9.17) is 10.1 Å². The van der Waals surface area contributed by atoms with Gasteiger partial charge in [0.1, 0.15) is 11.6 Å². The van der Waals surface area contributed by atoms with Crippen LogP contribution in [0, 0.1) is 17.0 Å². The third-order valence-corrected chi connectivity index (χ3v) is 2.40. The van der Waals surface area contributed by atoms with Gasteiger partial charge in [0.05, 0.1) is 11.8 Å². The minimum absolute atomic E-state index is 0.0256. The van der Waals surface area contributed by atoms with Crippen LogP contribution in [0.2, 0.25) is 0 Å². The molecule has 1 N–H and O–H groups in total. The number of rotatable bonds is 4. The quantitative estimate of drug-likeness (QED) is 0.675. The number of hydrogen-bond acceptors (Lipinski definition) is 3. The zero-order valence-corrected chi connectivity index (χ0v) is 9.69. The summed E-state index contributed by atoms with van der Waals surface area (Å²) >= 11 is 0. The zero-order valence-electron chi connectivity index (χ0n) is 9.69. The number of Topliss-reactive ketones (excluding diaryl/α,β-unsaturated/α-hetero) is 1. The van der Waals surface area contributed by atoms with Gasteiger partial charge >= 0.3 is 0 Å². The van der Waals surface area contributed by atoms with Crippen molar-refractivity contribution in [3.63, 3.8) is 0 Å². The van der Waals surface area contributed by atoms with Gasteiger partial charge in [-0.2, -0.15) is 0 Å². The Hall–Kier alpha value is -2.56. The number of benzene rings is 2. The highest BCUT2D eigenvalue weighted by Crippen LogP contribution is 2.25. The molecule has 0 aliphatic heterocycles. The Bertz CT molecular complexity index is 641. The van der Waals surface area contributed by atoms with Gasteiger partial charge in [0.25, 0.3) is 0 Å². The second-order valence-corrected chi connectivity index (χ2v) is 3.68. The summed E-state index contributed by atoms with van der Waals surface area (Å²) in [6.45, 7) is 0. The molecule has 0 heterocycles. The first kappa shape index (κ1) is 12.9. The summed E-state index contributed by atoms with van der Waals surface area (Å²) in [4.78, 5) is 11.3. The van der Waals surface area contributed by atoms with E-state index in [-0.39, 0.29) is 17.1 Å². The van der Waals surface area contributed by atoms with Crippen molar-refractivity contribution in [2.75, 3.05) is 0 Å². The summed E-state index contributed by atoms with van der Waals surface area (Å²) in [5.41, 5.74) is -0.288. The van der Waals surface area contributed by atoms with E-state index >= 15 is 0 Å². The van der Waals surface area contributed by atoms with Crippen molar-refractivity contribution < 1.29 is 18.3 Å². The van der Waals surface area contributed by atoms with Gasteiger partial charge in [-0.3, -0.25) is 4.79 Å². The smallest absolute Gasteiger partial charge is 0.206 e. The van der Waals surface area contributed by atoms with Crippen LogP contribution in [0.1, 0.15) is 10.4 Å². The van der Waals surface area contributed by atoms with Crippen LogP contribution in [0.5, 0.6) is 11.5 Å². The van der Waals surface area contributed by atoms with Gasteiger partial charge in [0, 0.05) is 0 Å². The fourth-order valence-corrected chi connectivity index (χ4v) is 1.49. The van der Waals surface area contributed by atoms with Crippen molar-refractivity contribution in [3.05, 3.63) is 59.7 Å². The Labute approximate surface area is 108 Å². The fraction of sp³-hybridized carbons (Fsp3) is 0. The molecule has 0 saturated carbocycles. The lowest BCUT2D eigenvalue weighted by atomic mass is 10.1. The Kier molecular flexibility index (Phi) is 3.66. The topological polar surface area (TPSA) is 50.2 Å². The van der Waals surface area contributed by atoms with Gasteiger partial charge < -0.3 is 10.1 Å². The van der Waals surface area contributed by atoms with Crippen molar-refractivity contribution in [1.29, 1.82) is 5.41 Å². The average Bonchev–Trinajstić information content (AvgIpc) is 2.42. The molecule has 2 rings (SSSR count). The number of hydrogen-bond donors (Lipinski definition) is 1. The van der Waals surface area contributed by atoms with Crippen LogP contribution < -0.4 is 4.74 Å². The Balaban J connectivity index is 2.34. The molecule has 2 aromatic carbocycles. The maximum absolute atomic E-state index is 13.4. The normalized spacial score (nSPS) is 10.0. The predicted octanol–water partition coefficient (Wildman–Crippen LogP) is 3.59. The monoisotopic (exact) mass is 261 g/mol. The molecule has 0 radical (unpaired) electrons. The molecule has 0 unspecified atom stereocenters. The SMILES string of the molecule is N=CC(=O)c1cc(Oc2ccccc2F)ccc1F. The van der Waals surface area contributed by atoms with Crippen molar-refractivity contribution in [1.82, 2.24) is 0 Å². The molecule has 0 bridgehead atoms. The van der Waals surface area contributed by atoms with E-state index in [1.807, 2.05) is 0 Å². The Morgan fingerprint density at radius 3 is 2.53 bits per heavy atom. The largest absolute Gasteiger partial charge is 0.454 e. The second-order valence-electron chi connectivity index (χ2n) is 3.68. The van der Waals surface area contributed by atoms with E-state index < -0.39 is 17.4 Å². The van der Waals surface area contributed by atoms with Crippen LogP contribution in [-0.4, -0.2) is 12.0 Å². The number of ketones is 1. The number of nitrogens with one attached hydrogen (secondary N) is 1. The molecular weight excluding hydrogens is 252 g/mol. The summed E-state index contributed by atoms with van der Waals surface area (Å²) < 4.78 is 32.0. The highest BCUT2D eigenvalue weighted by Gasteiger charge is 2.12. The molecule has 0 aliphatic carbocycles. The number of para-hydroxylation sites is 1. The number of ether oxygens (including phenoxy) is 1. The first-order valence-electron chi connectivity index (χ1n) is 5.38. The molecule has 0 amide bonds. The van der Waals surface area contributed by atoms with Crippen LogP contribution in [0.25, 0.3) is 0 Å². The Morgan fingerprint density at radius 2 is 1.84 bits per heavy atom. The predicted molar refractivity (Wildman–Crippen MR) is 66.0 cm³/mol. The molecule has 3 nitrogen and oxygen atoms in total. The van der Waals surface area contributed by atoms with E-state index in [0.29, 0.717) is 6.21 Å². The van der Waals surface area contributed by atoms with E-state index in [0.717, 1.165) is 12.1 Å². The van der Waals surface area contributed by atoms with E-state index in [9.17, 15) is 13.6 Å². The van der Waals surface area contributed by atoms with E-state index in [1.54, 1.807) is 6.07 Å². The summed E-state index contributed by atoms with van der Waals surface area (Å²) in [7, 11) is 0. The van der Waals surface area contributed by atoms with Gasteiger partial charge in [-0.05, 0) is 30.3 Å². The summed E-state index contributed by atoms with van der Waals surface area (Å²) in [6, 6.07) is 9.19. The lowest BCUT2D eigenvalue weighted by Gasteiger charge is -2.07. The van der Waals surface area contributed by atoms with Crippen molar-refractivity contribution in [3.8, 4) is 11.5 Å². The van der Waals surface area contributed by atoms with Crippen LogP contribution >= 0.6 is 0 Å².